The minimum absolute atomic E-state index is 0.0787. The molecule has 0 unspecified atom stereocenters. The first-order chi connectivity index (χ1) is 10.7. The Morgan fingerprint density at radius 3 is 2.59 bits per heavy atom. The first-order valence-electron chi connectivity index (χ1n) is 7.34. The van der Waals surface area contributed by atoms with Gasteiger partial charge in [0.1, 0.15) is 11.5 Å². The molecule has 0 atom stereocenters. The van der Waals surface area contributed by atoms with Crippen LogP contribution in [-0.2, 0) is 11.2 Å². The quantitative estimate of drug-likeness (QED) is 0.228. The van der Waals surface area contributed by atoms with Gasteiger partial charge in [-0.05, 0) is 47.4 Å². The van der Waals surface area contributed by atoms with Crippen LogP contribution in [0, 0.1) is 0 Å². The normalized spacial score (nSPS) is 11.2. The van der Waals surface area contributed by atoms with Crippen molar-refractivity contribution in [2.75, 3.05) is 13.9 Å². The van der Waals surface area contributed by atoms with Crippen LogP contribution in [0.2, 0.25) is 6.04 Å². The summed E-state index contributed by atoms with van der Waals surface area (Å²) < 4.78 is 10.3. The van der Waals surface area contributed by atoms with Crippen molar-refractivity contribution in [3.63, 3.8) is 0 Å². The maximum Gasteiger partial charge on any atom is 0.188 e. The summed E-state index contributed by atoms with van der Waals surface area (Å²) in [7, 11) is 1.69. The van der Waals surface area contributed by atoms with Crippen molar-refractivity contribution in [2.24, 2.45) is 0 Å². The lowest BCUT2D eigenvalue weighted by Crippen LogP contribution is -1.98. The van der Waals surface area contributed by atoms with Gasteiger partial charge in [-0.1, -0.05) is 30.7 Å². The predicted octanol–water partition coefficient (Wildman–Crippen LogP) is 3.91. The number of hydrogen-bond acceptors (Lipinski definition) is 3. The van der Waals surface area contributed by atoms with Gasteiger partial charge in [-0.3, -0.25) is 0 Å². The van der Waals surface area contributed by atoms with Crippen LogP contribution in [0.1, 0.15) is 12.0 Å². The summed E-state index contributed by atoms with van der Waals surface area (Å²) in [5, 5.41) is 9.76. The van der Waals surface area contributed by atoms with E-state index in [9.17, 15) is 5.11 Å². The molecule has 0 amide bonds. The highest BCUT2D eigenvalue weighted by Gasteiger charge is 2.07. The number of methoxy groups -OCH3 is 1. The summed E-state index contributed by atoms with van der Waals surface area (Å²) in [6.07, 6.45) is 2.21. The first kappa shape index (κ1) is 17.3. The highest BCUT2D eigenvalue weighted by atomic mass is 127. The van der Waals surface area contributed by atoms with Crippen LogP contribution in [0.3, 0.4) is 0 Å². The summed E-state index contributed by atoms with van der Waals surface area (Å²) in [6.45, 7) is 0.254. The topological polar surface area (TPSA) is 38.7 Å². The molecule has 0 aliphatic rings. The molecule has 22 heavy (non-hydrogen) atoms. The van der Waals surface area contributed by atoms with Crippen molar-refractivity contribution in [1.82, 2.24) is 0 Å². The number of rotatable bonds is 8. The van der Waals surface area contributed by atoms with Crippen molar-refractivity contribution in [3.8, 4) is 22.6 Å². The van der Waals surface area contributed by atoms with Crippen molar-refractivity contribution in [2.45, 2.75) is 18.9 Å². The van der Waals surface area contributed by atoms with E-state index in [1.165, 1.54) is 23.6 Å². The van der Waals surface area contributed by atoms with Gasteiger partial charge in [0, 0.05) is 7.11 Å². The Kier molecular flexibility index (Phi) is 7.21. The smallest absolute Gasteiger partial charge is 0.188 e. The van der Waals surface area contributed by atoms with Gasteiger partial charge in [0.05, 0.1) is 7.02 Å². The fraction of sp³-hybridized carbons (Fsp3) is 0.294. The minimum atomic E-state index is 0.0787. The predicted molar refractivity (Wildman–Crippen MR) is 102 cm³/mol. The van der Waals surface area contributed by atoms with Gasteiger partial charge < -0.3 is 14.6 Å². The SMILES string of the molecule is COCOc1ccc(-c2ccc(O)cc2CCC[SiH2]I)cc1. The number of phenols is 1. The maximum absolute atomic E-state index is 9.76. The molecule has 2 rings (SSSR count). The number of hydrogen-bond donors (Lipinski definition) is 1. The molecule has 0 aliphatic carbocycles. The number of aromatic hydroxyl groups is 1. The monoisotopic (exact) mass is 428 g/mol. The van der Waals surface area contributed by atoms with E-state index in [-0.39, 0.29) is 13.8 Å². The van der Waals surface area contributed by atoms with Crippen LogP contribution in [0.25, 0.3) is 11.1 Å². The van der Waals surface area contributed by atoms with Crippen LogP contribution in [0.4, 0.5) is 0 Å². The third-order valence-electron chi connectivity index (χ3n) is 3.43. The number of benzene rings is 2. The Morgan fingerprint density at radius 1 is 1.14 bits per heavy atom. The van der Waals surface area contributed by atoms with Gasteiger partial charge in [-0.25, -0.2) is 0 Å². The summed E-state index contributed by atoms with van der Waals surface area (Å²) >= 11 is 2.54. The number of halogens is 1. The molecule has 2 aromatic carbocycles. The van der Waals surface area contributed by atoms with E-state index in [1.807, 2.05) is 36.4 Å². The third-order valence-corrected chi connectivity index (χ3v) is 6.48. The van der Waals surface area contributed by atoms with E-state index in [0.717, 1.165) is 17.7 Å². The molecule has 0 bridgehead atoms. The van der Waals surface area contributed by atoms with Crippen LogP contribution in [0.5, 0.6) is 11.5 Å². The molecule has 0 heterocycles. The second-order valence-electron chi connectivity index (χ2n) is 5.06. The van der Waals surface area contributed by atoms with E-state index < -0.39 is 0 Å². The Hall–Kier alpha value is -1.05. The number of phenolic OH excluding ortho intramolecular Hbond substituents is 1. The van der Waals surface area contributed by atoms with Gasteiger partial charge in [-0.2, -0.15) is 0 Å². The first-order valence-corrected chi connectivity index (χ1v) is 13.5. The van der Waals surface area contributed by atoms with E-state index in [1.54, 1.807) is 13.2 Å². The molecular formula is C17H21IO3Si. The van der Waals surface area contributed by atoms with Crippen molar-refractivity contribution < 1.29 is 14.6 Å². The van der Waals surface area contributed by atoms with Gasteiger partial charge in [0.25, 0.3) is 0 Å². The molecule has 0 saturated heterocycles. The summed E-state index contributed by atoms with van der Waals surface area (Å²) in [5.41, 5.74) is 3.54. The van der Waals surface area contributed by atoms with Crippen molar-refractivity contribution >= 4 is 28.8 Å². The van der Waals surface area contributed by atoms with Crippen LogP contribution < -0.4 is 4.74 Å². The molecule has 3 nitrogen and oxygen atoms in total. The highest BCUT2D eigenvalue weighted by molar-refractivity contribution is 14.1. The van der Waals surface area contributed by atoms with Crippen LogP contribution >= 0.6 is 21.8 Å². The fourth-order valence-electron chi connectivity index (χ4n) is 2.34. The van der Waals surface area contributed by atoms with Crippen molar-refractivity contribution in [3.05, 3.63) is 48.0 Å². The standard InChI is InChI=1S/C17H21IO3Si/c1-20-12-21-16-7-4-13(5-8-16)17-9-6-15(19)11-14(17)3-2-10-22-18/h4-9,11,19H,2-3,10,12,22H2,1H3. The molecule has 0 aliphatic heterocycles. The zero-order valence-corrected chi connectivity index (χ0v) is 16.3. The Balaban J connectivity index is 2.19. The van der Waals surface area contributed by atoms with Crippen LogP contribution in [-0.4, -0.2) is 26.0 Å². The molecule has 0 saturated carbocycles. The Morgan fingerprint density at radius 2 is 1.91 bits per heavy atom. The maximum atomic E-state index is 9.76. The van der Waals surface area contributed by atoms with E-state index in [0.29, 0.717) is 5.75 Å². The van der Waals surface area contributed by atoms with Gasteiger partial charge in [0.2, 0.25) is 0 Å². The molecule has 1 N–H and O–H groups in total. The molecule has 5 heteroatoms. The average molecular weight is 428 g/mol. The van der Waals surface area contributed by atoms with Gasteiger partial charge in [0.15, 0.2) is 6.79 Å². The third kappa shape index (κ3) is 5.00. The Labute approximate surface area is 146 Å². The molecular weight excluding hydrogens is 407 g/mol. The average Bonchev–Trinajstić information content (AvgIpc) is 2.54. The zero-order chi connectivity index (χ0) is 15.8. The Bertz CT molecular complexity index is 587. The van der Waals surface area contributed by atoms with Crippen LogP contribution in [0.15, 0.2) is 42.5 Å². The van der Waals surface area contributed by atoms with E-state index in [4.69, 9.17) is 9.47 Å². The van der Waals surface area contributed by atoms with Crippen molar-refractivity contribution in [1.29, 1.82) is 0 Å². The summed E-state index contributed by atoms with van der Waals surface area (Å²) in [5.74, 6) is 1.13. The number of aryl methyl sites for hydroxylation is 1. The lowest BCUT2D eigenvalue weighted by atomic mass is 9.96. The summed E-state index contributed by atoms with van der Waals surface area (Å²) in [4.78, 5) is 0. The second-order valence-corrected chi connectivity index (χ2v) is 9.38. The lowest BCUT2D eigenvalue weighted by molar-refractivity contribution is 0.0511. The highest BCUT2D eigenvalue weighted by Crippen LogP contribution is 2.29. The molecule has 0 fully saturated rings. The van der Waals surface area contributed by atoms with E-state index >= 15 is 0 Å². The minimum Gasteiger partial charge on any atom is -0.508 e. The molecule has 118 valence electrons. The molecule has 0 spiro atoms. The molecule has 0 radical (unpaired) electrons. The zero-order valence-electron chi connectivity index (χ0n) is 12.7. The molecule has 2 aromatic rings. The summed E-state index contributed by atoms with van der Waals surface area (Å²) in [6, 6.07) is 15.0. The van der Waals surface area contributed by atoms with Gasteiger partial charge >= 0.3 is 0 Å². The van der Waals surface area contributed by atoms with Gasteiger partial charge in [-0.15, -0.1) is 21.8 Å². The molecule has 0 aromatic heterocycles. The lowest BCUT2D eigenvalue weighted by Gasteiger charge is -2.11. The van der Waals surface area contributed by atoms with E-state index in [2.05, 4.69) is 21.8 Å². The second kappa shape index (κ2) is 9.17. The number of ether oxygens (including phenoxy) is 2. The fourth-order valence-corrected chi connectivity index (χ4v) is 4.39. The largest absolute Gasteiger partial charge is 0.508 e.